The minimum atomic E-state index is -0.179. The highest BCUT2D eigenvalue weighted by molar-refractivity contribution is 7.18. The predicted octanol–water partition coefficient (Wildman–Crippen LogP) is 2.59. The van der Waals surface area contributed by atoms with Gasteiger partial charge in [-0.15, -0.1) is 0 Å². The number of aromatic nitrogens is 1. The maximum atomic E-state index is 12.6. The zero-order chi connectivity index (χ0) is 14.9. The summed E-state index contributed by atoms with van der Waals surface area (Å²) in [5.74, 6) is 0.331. The van der Waals surface area contributed by atoms with Crippen LogP contribution in [0.1, 0.15) is 49.7 Å². The summed E-state index contributed by atoms with van der Waals surface area (Å²) in [5.41, 5.74) is 5.78. The van der Waals surface area contributed by atoms with Crippen molar-refractivity contribution in [3.05, 3.63) is 4.88 Å². The van der Waals surface area contributed by atoms with Crippen LogP contribution in [0.15, 0.2) is 0 Å². The number of nitrogens with two attached hydrogens (primary N) is 1. The fourth-order valence-electron chi connectivity index (χ4n) is 2.18. The van der Waals surface area contributed by atoms with Gasteiger partial charge in [0.1, 0.15) is 10.7 Å². The van der Waals surface area contributed by atoms with Crippen molar-refractivity contribution in [2.45, 2.75) is 45.6 Å². The second-order valence-electron chi connectivity index (χ2n) is 5.94. The maximum absolute atomic E-state index is 12.6. The molecule has 2 N–H and O–H groups in total. The van der Waals surface area contributed by atoms with Crippen molar-refractivity contribution in [3.8, 4) is 0 Å². The summed E-state index contributed by atoms with van der Waals surface area (Å²) in [6.45, 7) is 8.22. The molecule has 112 valence electrons. The smallest absolute Gasteiger partial charge is 0.268 e. The normalized spacial score (nSPS) is 15.7. The second kappa shape index (κ2) is 5.60. The van der Waals surface area contributed by atoms with Gasteiger partial charge in [-0.05, 0) is 33.1 Å². The molecule has 6 heteroatoms. The van der Waals surface area contributed by atoms with E-state index in [0.29, 0.717) is 10.7 Å². The summed E-state index contributed by atoms with van der Waals surface area (Å²) < 4.78 is 0. The largest absolute Gasteiger partial charge is 0.382 e. The summed E-state index contributed by atoms with van der Waals surface area (Å²) in [6, 6.07) is 0. The maximum Gasteiger partial charge on any atom is 0.268 e. The second-order valence-corrected chi connectivity index (χ2v) is 6.91. The molecule has 1 fully saturated rings. The molecule has 20 heavy (non-hydrogen) atoms. The van der Waals surface area contributed by atoms with Crippen molar-refractivity contribution in [2.75, 3.05) is 30.8 Å². The number of carbonyl (C=O) groups is 1. The van der Waals surface area contributed by atoms with E-state index < -0.39 is 0 Å². The van der Waals surface area contributed by atoms with E-state index in [1.54, 1.807) is 4.90 Å². The molecule has 0 radical (unpaired) electrons. The Bertz CT molecular complexity index is 491. The summed E-state index contributed by atoms with van der Waals surface area (Å²) in [7, 11) is 1.83. The van der Waals surface area contributed by atoms with E-state index >= 15 is 0 Å². The SMILES string of the molecule is CCC(C)(C)N(C)C(=O)c1sc(N2CCCC2)nc1N. The van der Waals surface area contributed by atoms with Gasteiger partial charge in [0.15, 0.2) is 5.13 Å². The van der Waals surface area contributed by atoms with Crippen molar-refractivity contribution in [1.29, 1.82) is 0 Å². The number of amides is 1. The van der Waals surface area contributed by atoms with Gasteiger partial charge in [-0.3, -0.25) is 4.79 Å². The third kappa shape index (κ3) is 2.75. The standard InChI is InChI=1S/C14H24N4OS/c1-5-14(2,3)17(4)12(19)10-11(15)16-13(20-10)18-8-6-7-9-18/h5-9,15H2,1-4H3. The lowest BCUT2D eigenvalue weighted by Crippen LogP contribution is -2.44. The Morgan fingerprint density at radius 2 is 2.05 bits per heavy atom. The molecule has 2 rings (SSSR count). The molecule has 1 aromatic heterocycles. The molecule has 0 saturated carbocycles. The molecule has 1 saturated heterocycles. The minimum absolute atomic E-state index is 0.0303. The van der Waals surface area contributed by atoms with Gasteiger partial charge < -0.3 is 15.5 Å². The Kier molecular flexibility index (Phi) is 4.22. The number of carbonyl (C=O) groups excluding carboxylic acids is 1. The molecule has 0 aliphatic carbocycles. The van der Waals surface area contributed by atoms with E-state index in [2.05, 4.69) is 30.7 Å². The van der Waals surface area contributed by atoms with Crippen molar-refractivity contribution in [2.24, 2.45) is 0 Å². The molecular weight excluding hydrogens is 272 g/mol. The molecule has 0 unspecified atom stereocenters. The molecule has 1 amide bonds. The van der Waals surface area contributed by atoms with Gasteiger partial charge in [-0.25, -0.2) is 4.98 Å². The van der Waals surface area contributed by atoms with Crippen LogP contribution >= 0.6 is 11.3 Å². The molecule has 1 aliphatic heterocycles. The lowest BCUT2D eigenvalue weighted by molar-refractivity contribution is 0.0626. The first kappa shape index (κ1) is 15.1. The Labute approximate surface area is 124 Å². The number of hydrogen-bond acceptors (Lipinski definition) is 5. The number of hydrogen-bond donors (Lipinski definition) is 1. The molecule has 1 aliphatic rings. The molecule has 0 aromatic carbocycles. The van der Waals surface area contributed by atoms with Crippen LogP contribution in [0.25, 0.3) is 0 Å². The molecule has 0 atom stereocenters. The molecular formula is C14H24N4OS. The Hall–Kier alpha value is -1.30. The van der Waals surface area contributed by atoms with E-state index in [0.717, 1.165) is 24.6 Å². The first-order valence-electron chi connectivity index (χ1n) is 7.16. The van der Waals surface area contributed by atoms with Crippen LogP contribution in [0.3, 0.4) is 0 Å². The Morgan fingerprint density at radius 3 is 2.60 bits per heavy atom. The summed E-state index contributed by atoms with van der Waals surface area (Å²) in [5, 5.41) is 0.881. The van der Waals surface area contributed by atoms with Crippen LogP contribution < -0.4 is 10.6 Å². The quantitative estimate of drug-likeness (QED) is 0.927. The fraction of sp³-hybridized carbons (Fsp3) is 0.714. The van der Waals surface area contributed by atoms with E-state index in [1.807, 2.05) is 7.05 Å². The number of anilines is 2. The topological polar surface area (TPSA) is 62.5 Å². The average Bonchev–Trinajstić information content (AvgIpc) is 3.05. The monoisotopic (exact) mass is 296 g/mol. The highest BCUT2D eigenvalue weighted by Crippen LogP contribution is 2.32. The van der Waals surface area contributed by atoms with Gasteiger partial charge in [0.25, 0.3) is 5.91 Å². The predicted molar refractivity (Wildman–Crippen MR) is 84.4 cm³/mol. The van der Waals surface area contributed by atoms with Crippen molar-refractivity contribution in [1.82, 2.24) is 9.88 Å². The molecule has 1 aromatic rings. The van der Waals surface area contributed by atoms with E-state index in [9.17, 15) is 4.79 Å². The first-order valence-corrected chi connectivity index (χ1v) is 7.98. The highest BCUT2D eigenvalue weighted by Gasteiger charge is 2.30. The van der Waals surface area contributed by atoms with Gasteiger partial charge in [0.05, 0.1) is 0 Å². The first-order chi connectivity index (χ1) is 9.36. The Balaban J connectivity index is 2.22. The van der Waals surface area contributed by atoms with Gasteiger partial charge in [0, 0.05) is 25.7 Å². The Morgan fingerprint density at radius 1 is 1.45 bits per heavy atom. The summed E-state index contributed by atoms with van der Waals surface area (Å²) >= 11 is 1.42. The summed E-state index contributed by atoms with van der Waals surface area (Å²) in [4.78, 5) is 21.5. The van der Waals surface area contributed by atoms with Crippen LogP contribution in [0.4, 0.5) is 10.9 Å². The number of thiazole rings is 1. The lowest BCUT2D eigenvalue weighted by atomic mass is 10.00. The van der Waals surface area contributed by atoms with Gasteiger partial charge in [0.2, 0.25) is 0 Å². The highest BCUT2D eigenvalue weighted by atomic mass is 32.1. The summed E-state index contributed by atoms with van der Waals surface area (Å²) in [6.07, 6.45) is 3.27. The molecule has 2 heterocycles. The average molecular weight is 296 g/mol. The zero-order valence-electron chi connectivity index (χ0n) is 12.8. The van der Waals surface area contributed by atoms with Crippen molar-refractivity contribution < 1.29 is 4.79 Å². The van der Waals surface area contributed by atoms with E-state index in [1.165, 1.54) is 24.2 Å². The van der Waals surface area contributed by atoms with Crippen molar-refractivity contribution >= 4 is 28.2 Å². The number of rotatable bonds is 4. The molecule has 0 bridgehead atoms. The molecule has 5 nitrogen and oxygen atoms in total. The van der Waals surface area contributed by atoms with Crippen LogP contribution in [0, 0.1) is 0 Å². The van der Waals surface area contributed by atoms with Crippen LogP contribution in [0.2, 0.25) is 0 Å². The minimum Gasteiger partial charge on any atom is -0.382 e. The van der Waals surface area contributed by atoms with Crippen LogP contribution in [0.5, 0.6) is 0 Å². The number of nitrogens with zero attached hydrogens (tertiary/aromatic N) is 3. The third-order valence-electron chi connectivity index (χ3n) is 4.29. The lowest BCUT2D eigenvalue weighted by Gasteiger charge is -2.34. The van der Waals surface area contributed by atoms with Crippen molar-refractivity contribution in [3.63, 3.8) is 0 Å². The van der Waals surface area contributed by atoms with Crippen LogP contribution in [-0.4, -0.2) is 41.5 Å². The van der Waals surface area contributed by atoms with Crippen LogP contribution in [-0.2, 0) is 0 Å². The molecule has 0 spiro atoms. The number of nitrogen functional groups attached to an aromatic ring is 1. The fourth-order valence-corrected chi connectivity index (χ4v) is 3.19. The van der Waals surface area contributed by atoms with Gasteiger partial charge >= 0.3 is 0 Å². The van der Waals surface area contributed by atoms with Gasteiger partial charge in [-0.2, -0.15) is 0 Å². The zero-order valence-corrected chi connectivity index (χ0v) is 13.6. The van der Waals surface area contributed by atoms with E-state index in [-0.39, 0.29) is 11.4 Å². The van der Waals surface area contributed by atoms with E-state index in [4.69, 9.17) is 5.73 Å². The van der Waals surface area contributed by atoms with Gasteiger partial charge in [-0.1, -0.05) is 18.3 Å². The third-order valence-corrected chi connectivity index (χ3v) is 5.41.